The summed E-state index contributed by atoms with van der Waals surface area (Å²) >= 11 is 12.9. The van der Waals surface area contributed by atoms with Gasteiger partial charge in [0.15, 0.2) is 0 Å². The zero-order valence-corrected chi connectivity index (χ0v) is 24.9. The number of para-hydroxylation sites is 1. The molecule has 0 aromatic heterocycles. The van der Waals surface area contributed by atoms with E-state index in [2.05, 4.69) is 5.32 Å². The molecule has 218 valence electrons. The Hall–Kier alpha value is -3.14. The molecule has 1 fully saturated rings. The molecule has 0 saturated heterocycles. The van der Waals surface area contributed by atoms with E-state index >= 15 is 0 Å². The van der Waals surface area contributed by atoms with Crippen LogP contribution in [-0.2, 0) is 26.2 Å². The van der Waals surface area contributed by atoms with Crippen molar-refractivity contribution in [1.29, 1.82) is 0 Å². The molecule has 1 aliphatic carbocycles. The van der Waals surface area contributed by atoms with Crippen LogP contribution < -0.4 is 9.62 Å². The summed E-state index contributed by atoms with van der Waals surface area (Å²) in [5, 5.41) is 3.68. The fourth-order valence-corrected chi connectivity index (χ4v) is 6.79. The number of carbonyl (C=O) groups excluding carboxylic acids is 2. The van der Waals surface area contributed by atoms with Crippen LogP contribution in [0.1, 0.15) is 44.6 Å². The van der Waals surface area contributed by atoms with Gasteiger partial charge in [-0.05, 0) is 68.3 Å². The molecule has 41 heavy (non-hydrogen) atoms. The van der Waals surface area contributed by atoms with E-state index in [9.17, 15) is 22.4 Å². The van der Waals surface area contributed by atoms with Crippen LogP contribution in [0.5, 0.6) is 0 Å². The number of nitrogens with one attached hydrogen (secondary N) is 1. The Kier molecular flexibility index (Phi) is 10.3. The van der Waals surface area contributed by atoms with Gasteiger partial charge < -0.3 is 10.2 Å². The van der Waals surface area contributed by atoms with E-state index in [1.54, 1.807) is 55.5 Å². The number of sulfonamides is 1. The first-order valence-corrected chi connectivity index (χ1v) is 15.6. The lowest BCUT2D eigenvalue weighted by atomic mass is 9.95. The van der Waals surface area contributed by atoms with Crippen LogP contribution in [0.3, 0.4) is 0 Å². The number of amides is 2. The summed E-state index contributed by atoms with van der Waals surface area (Å²) < 4.78 is 42.0. The van der Waals surface area contributed by atoms with Gasteiger partial charge in [0.05, 0.1) is 10.6 Å². The largest absolute Gasteiger partial charge is 0.352 e. The molecule has 11 heteroatoms. The Morgan fingerprint density at radius 1 is 0.927 bits per heavy atom. The van der Waals surface area contributed by atoms with E-state index in [1.807, 2.05) is 0 Å². The van der Waals surface area contributed by atoms with E-state index in [-0.39, 0.29) is 29.1 Å². The van der Waals surface area contributed by atoms with Crippen LogP contribution in [0, 0.1) is 5.82 Å². The minimum atomic E-state index is -4.29. The molecular formula is C30H32Cl2FN3O4S. The van der Waals surface area contributed by atoms with Gasteiger partial charge in [-0.1, -0.05) is 66.7 Å². The van der Waals surface area contributed by atoms with Gasteiger partial charge in [0.2, 0.25) is 11.8 Å². The van der Waals surface area contributed by atoms with Gasteiger partial charge in [0.25, 0.3) is 10.0 Å². The van der Waals surface area contributed by atoms with Gasteiger partial charge in [0.1, 0.15) is 18.4 Å². The summed E-state index contributed by atoms with van der Waals surface area (Å²) in [5.74, 6) is -1.57. The quantitative estimate of drug-likeness (QED) is 0.293. The van der Waals surface area contributed by atoms with Crippen molar-refractivity contribution in [3.8, 4) is 0 Å². The first-order valence-electron chi connectivity index (χ1n) is 13.4. The monoisotopic (exact) mass is 619 g/mol. The molecule has 1 atom stereocenters. The molecule has 3 aromatic carbocycles. The van der Waals surface area contributed by atoms with Crippen molar-refractivity contribution in [3.63, 3.8) is 0 Å². The molecular weight excluding hydrogens is 588 g/mol. The molecule has 0 heterocycles. The fourth-order valence-electron chi connectivity index (χ4n) is 4.86. The van der Waals surface area contributed by atoms with Crippen LogP contribution in [-0.4, -0.2) is 43.8 Å². The number of carbonyl (C=O) groups is 2. The van der Waals surface area contributed by atoms with E-state index in [1.165, 1.54) is 4.90 Å². The van der Waals surface area contributed by atoms with Crippen LogP contribution in [0.4, 0.5) is 10.1 Å². The molecule has 2 amide bonds. The molecule has 0 aliphatic heterocycles. The zero-order chi connectivity index (χ0) is 29.6. The van der Waals surface area contributed by atoms with Crippen molar-refractivity contribution in [3.05, 3.63) is 94.2 Å². The third kappa shape index (κ3) is 7.58. The van der Waals surface area contributed by atoms with Crippen molar-refractivity contribution in [2.75, 3.05) is 10.8 Å². The summed E-state index contributed by atoms with van der Waals surface area (Å²) in [5.41, 5.74) is 0.675. The highest BCUT2D eigenvalue weighted by atomic mass is 35.5. The lowest BCUT2D eigenvalue weighted by Crippen LogP contribution is -2.53. The SMILES string of the molecule is CC(C(=O)NC1CCCCC1)N(Cc1c(Cl)cccc1Cl)C(=O)CN(c1ccccc1)S(=O)(=O)c1ccc(F)cc1. The van der Waals surface area contributed by atoms with Gasteiger partial charge >= 0.3 is 0 Å². The maximum absolute atomic E-state index is 14.0. The predicted molar refractivity (Wildman–Crippen MR) is 159 cm³/mol. The Labute approximate surface area is 250 Å². The van der Waals surface area contributed by atoms with E-state index in [4.69, 9.17) is 23.2 Å². The predicted octanol–water partition coefficient (Wildman–Crippen LogP) is 6.19. The molecule has 1 aliphatic rings. The van der Waals surface area contributed by atoms with E-state index in [0.717, 1.165) is 60.7 Å². The summed E-state index contributed by atoms with van der Waals surface area (Å²) in [7, 11) is -4.29. The number of benzene rings is 3. The smallest absolute Gasteiger partial charge is 0.264 e. The minimum Gasteiger partial charge on any atom is -0.352 e. The van der Waals surface area contributed by atoms with Crippen molar-refractivity contribution < 1.29 is 22.4 Å². The van der Waals surface area contributed by atoms with Crippen LogP contribution in [0.15, 0.2) is 77.7 Å². The first-order chi connectivity index (χ1) is 19.6. The van der Waals surface area contributed by atoms with Crippen molar-refractivity contribution >= 4 is 50.7 Å². The molecule has 7 nitrogen and oxygen atoms in total. The number of hydrogen-bond acceptors (Lipinski definition) is 4. The highest BCUT2D eigenvalue weighted by Gasteiger charge is 2.33. The Bertz CT molecular complexity index is 1450. The number of anilines is 1. The second kappa shape index (κ2) is 13.7. The molecule has 0 radical (unpaired) electrons. The second-order valence-electron chi connectivity index (χ2n) is 10.0. The summed E-state index contributed by atoms with van der Waals surface area (Å²) in [6, 6.07) is 16.5. The number of nitrogens with zero attached hydrogens (tertiary/aromatic N) is 2. The Morgan fingerprint density at radius 2 is 1.54 bits per heavy atom. The highest BCUT2D eigenvalue weighted by molar-refractivity contribution is 7.92. The molecule has 0 bridgehead atoms. The fraction of sp³-hybridized carbons (Fsp3) is 0.333. The van der Waals surface area contributed by atoms with Gasteiger partial charge in [-0.25, -0.2) is 12.8 Å². The topological polar surface area (TPSA) is 86.8 Å². The summed E-state index contributed by atoms with van der Waals surface area (Å²) in [6.07, 6.45) is 4.88. The standard InChI is InChI=1S/C30H32Cl2FN3O4S/c1-21(30(38)34-23-9-4-2-5-10-23)35(19-26-27(31)13-8-14-28(26)32)29(37)20-36(24-11-6-3-7-12-24)41(39,40)25-17-15-22(33)16-18-25/h3,6-8,11-18,21,23H,2,4-5,9-10,19-20H2,1H3,(H,34,38). The van der Waals surface area contributed by atoms with Gasteiger partial charge in [-0.3, -0.25) is 13.9 Å². The van der Waals surface area contributed by atoms with Crippen LogP contribution in [0.25, 0.3) is 0 Å². The Morgan fingerprint density at radius 3 is 2.15 bits per heavy atom. The van der Waals surface area contributed by atoms with Gasteiger partial charge in [-0.15, -0.1) is 0 Å². The number of hydrogen-bond donors (Lipinski definition) is 1. The maximum Gasteiger partial charge on any atom is 0.264 e. The minimum absolute atomic E-state index is 0.0132. The van der Waals surface area contributed by atoms with Crippen molar-refractivity contribution in [1.82, 2.24) is 10.2 Å². The molecule has 1 saturated carbocycles. The zero-order valence-electron chi connectivity index (χ0n) is 22.6. The van der Waals surface area contributed by atoms with Gasteiger partial charge in [0, 0.05) is 28.2 Å². The first kappa shape index (κ1) is 30.8. The van der Waals surface area contributed by atoms with Crippen LogP contribution >= 0.6 is 23.2 Å². The molecule has 1 unspecified atom stereocenters. The summed E-state index contributed by atoms with van der Waals surface area (Å²) in [4.78, 5) is 28.5. The van der Waals surface area contributed by atoms with E-state index in [0.29, 0.717) is 15.6 Å². The lowest BCUT2D eigenvalue weighted by molar-refractivity contribution is -0.139. The average Bonchev–Trinajstić information content (AvgIpc) is 2.96. The molecule has 1 N–H and O–H groups in total. The third-order valence-electron chi connectivity index (χ3n) is 7.23. The maximum atomic E-state index is 14.0. The molecule has 0 spiro atoms. The van der Waals surface area contributed by atoms with Crippen molar-refractivity contribution in [2.45, 2.75) is 62.6 Å². The third-order valence-corrected chi connectivity index (χ3v) is 9.73. The molecule has 4 rings (SSSR count). The number of halogens is 3. The number of rotatable bonds is 10. The van der Waals surface area contributed by atoms with Gasteiger partial charge in [-0.2, -0.15) is 0 Å². The summed E-state index contributed by atoms with van der Waals surface area (Å²) in [6.45, 7) is 0.866. The normalized spacial score (nSPS) is 14.7. The molecule has 3 aromatic rings. The van der Waals surface area contributed by atoms with E-state index < -0.39 is 34.3 Å². The average molecular weight is 621 g/mol. The Balaban J connectivity index is 1.69. The van der Waals surface area contributed by atoms with Crippen LogP contribution in [0.2, 0.25) is 10.0 Å². The second-order valence-corrected chi connectivity index (χ2v) is 12.7. The highest BCUT2D eigenvalue weighted by Crippen LogP contribution is 2.28. The lowest BCUT2D eigenvalue weighted by Gasteiger charge is -2.33. The van der Waals surface area contributed by atoms with Crippen molar-refractivity contribution in [2.24, 2.45) is 0 Å².